The van der Waals surface area contributed by atoms with E-state index in [-0.39, 0.29) is 17.7 Å². The maximum Gasteiger partial charge on any atom is 0.306 e. The van der Waals surface area contributed by atoms with Crippen LogP contribution < -0.4 is 5.32 Å². The van der Waals surface area contributed by atoms with Crippen LogP contribution in [-0.2, 0) is 9.59 Å². The van der Waals surface area contributed by atoms with Crippen molar-refractivity contribution >= 4 is 40.2 Å². The quantitative estimate of drug-likeness (QED) is 0.801. The lowest BCUT2D eigenvalue weighted by atomic mass is 9.81. The third-order valence-electron chi connectivity index (χ3n) is 3.58. The Morgan fingerprint density at radius 3 is 2.26 bits per heavy atom. The summed E-state index contributed by atoms with van der Waals surface area (Å²) in [5.74, 6) is -1.07. The highest BCUT2D eigenvalue weighted by Crippen LogP contribution is 2.30. The van der Waals surface area contributed by atoms with Crippen LogP contribution in [0.1, 0.15) is 25.7 Å². The van der Waals surface area contributed by atoms with Gasteiger partial charge in [0.15, 0.2) is 0 Å². The van der Waals surface area contributed by atoms with Crippen molar-refractivity contribution in [2.24, 2.45) is 11.8 Å². The highest BCUT2D eigenvalue weighted by Gasteiger charge is 2.29. The van der Waals surface area contributed by atoms with E-state index in [2.05, 4.69) is 27.9 Å². The van der Waals surface area contributed by atoms with Gasteiger partial charge >= 0.3 is 5.97 Å². The van der Waals surface area contributed by atoms with Crippen molar-refractivity contribution in [3.63, 3.8) is 0 Å². The molecule has 1 aromatic rings. The molecule has 1 aliphatic rings. The zero-order valence-corrected chi connectivity index (χ0v) is 12.6. The van der Waals surface area contributed by atoms with Crippen molar-refractivity contribution in [3.8, 4) is 0 Å². The van der Waals surface area contributed by atoms with Gasteiger partial charge in [0, 0.05) is 9.49 Å². The lowest BCUT2D eigenvalue weighted by Crippen LogP contribution is -2.29. The van der Waals surface area contributed by atoms with Gasteiger partial charge in [-0.2, -0.15) is 0 Å². The first-order valence-corrected chi connectivity index (χ1v) is 7.44. The van der Waals surface area contributed by atoms with Gasteiger partial charge in [-0.25, -0.2) is 0 Å². The summed E-state index contributed by atoms with van der Waals surface area (Å²) in [5.41, 5.74) is 0.827. The van der Waals surface area contributed by atoms with Gasteiger partial charge < -0.3 is 10.4 Å². The molecule has 0 unspecified atom stereocenters. The van der Waals surface area contributed by atoms with Crippen LogP contribution >= 0.6 is 22.6 Å². The van der Waals surface area contributed by atoms with E-state index >= 15 is 0 Å². The van der Waals surface area contributed by atoms with Gasteiger partial charge in [-0.15, -0.1) is 0 Å². The molecule has 1 aromatic carbocycles. The molecule has 0 atom stereocenters. The SMILES string of the molecule is O=C(O)C1CCC(C(=O)Nc2ccccc2I)CC1. The van der Waals surface area contributed by atoms with E-state index in [1.165, 1.54) is 0 Å². The highest BCUT2D eigenvalue weighted by molar-refractivity contribution is 14.1. The standard InChI is InChI=1S/C14H16INO3/c15-11-3-1-2-4-12(11)16-13(17)9-5-7-10(8-6-9)14(18)19/h1-4,9-10H,5-8H2,(H,16,17)(H,18,19). The van der Waals surface area contributed by atoms with E-state index in [0.717, 1.165) is 9.26 Å². The van der Waals surface area contributed by atoms with Crippen molar-refractivity contribution in [1.29, 1.82) is 0 Å². The Bertz CT molecular complexity index is 481. The topological polar surface area (TPSA) is 66.4 Å². The van der Waals surface area contributed by atoms with Crippen molar-refractivity contribution in [2.45, 2.75) is 25.7 Å². The fourth-order valence-corrected chi connectivity index (χ4v) is 2.92. The third-order valence-corrected chi connectivity index (χ3v) is 4.52. The second-order valence-corrected chi connectivity index (χ2v) is 6.02. The van der Waals surface area contributed by atoms with Crippen LogP contribution in [-0.4, -0.2) is 17.0 Å². The van der Waals surface area contributed by atoms with Gasteiger partial charge in [-0.3, -0.25) is 9.59 Å². The normalized spacial score (nSPS) is 22.8. The summed E-state index contributed by atoms with van der Waals surface area (Å²) in [7, 11) is 0. The van der Waals surface area contributed by atoms with Gasteiger partial charge in [-0.05, 0) is 60.4 Å². The van der Waals surface area contributed by atoms with Gasteiger partial charge in [0.05, 0.1) is 11.6 Å². The average Bonchev–Trinajstić information content (AvgIpc) is 2.41. The zero-order chi connectivity index (χ0) is 13.8. The maximum atomic E-state index is 12.1. The smallest absolute Gasteiger partial charge is 0.306 e. The third kappa shape index (κ3) is 3.68. The van der Waals surface area contributed by atoms with Crippen LogP contribution in [0.2, 0.25) is 0 Å². The molecule has 1 amide bonds. The van der Waals surface area contributed by atoms with Gasteiger partial charge in [-0.1, -0.05) is 12.1 Å². The monoisotopic (exact) mass is 373 g/mol. The molecule has 1 saturated carbocycles. The Balaban J connectivity index is 1.92. The van der Waals surface area contributed by atoms with Crippen molar-refractivity contribution < 1.29 is 14.7 Å². The summed E-state index contributed by atoms with van der Waals surface area (Å²) in [6.07, 6.45) is 2.51. The summed E-state index contributed by atoms with van der Waals surface area (Å²) in [4.78, 5) is 23.0. The summed E-state index contributed by atoms with van der Waals surface area (Å²) in [5, 5.41) is 11.9. The van der Waals surface area contributed by atoms with E-state index in [1.54, 1.807) is 0 Å². The summed E-state index contributed by atoms with van der Waals surface area (Å²) < 4.78 is 1.01. The molecular weight excluding hydrogens is 357 g/mol. The first-order chi connectivity index (χ1) is 9.08. The number of carboxylic acid groups (broad SMARTS) is 1. The van der Waals surface area contributed by atoms with Crippen LogP contribution in [0.5, 0.6) is 0 Å². The zero-order valence-electron chi connectivity index (χ0n) is 10.4. The minimum absolute atomic E-state index is 0.00737. The number of rotatable bonds is 3. The number of nitrogens with one attached hydrogen (secondary N) is 1. The lowest BCUT2D eigenvalue weighted by Gasteiger charge is -2.25. The summed E-state index contributed by atoms with van der Waals surface area (Å²) in [6.45, 7) is 0. The Kier molecular flexibility index (Phi) is 4.79. The number of para-hydroxylation sites is 1. The fraction of sp³-hybridized carbons (Fsp3) is 0.429. The van der Waals surface area contributed by atoms with E-state index in [4.69, 9.17) is 5.11 Å². The Morgan fingerprint density at radius 2 is 1.68 bits per heavy atom. The van der Waals surface area contributed by atoms with Gasteiger partial charge in [0.1, 0.15) is 0 Å². The molecule has 0 heterocycles. The van der Waals surface area contributed by atoms with E-state index in [1.807, 2.05) is 24.3 Å². The second-order valence-electron chi connectivity index (χ2n) is 4.86. The molecule has 2 rings (SSSR count). The predicted molar refractivity (Wildman–Crippen MR) is 80.9 cm³/mol. The molecule has 19 heavy (non-hydrogen) atoms. The summed E-state index contributed by atoms with van der Waals surface area (Å²) in [6, 6.07) is 7.63. The van der Waals surface area contributed by atoms with Gasteiger partial charge in [0.2, 0.25) is 5.91 Å². The highest BCUT2D eigenvalue weighted by atomic mass is 127. The van der Waals surface area contributed by atoms with Crippen LogP contribution in [0.3, 0.4) is 0 Å². The second kappa shape index (κ2) is 6.36. The number of hydrogen-bond acceptors (Lipinski definition) is 2. The Hall–Kier alpha value is -1.11. The van der Waals surface area contributed by atoms with E-state index in [9.17, 15) is 9.59 Å². The largest absolute Gasteiger partial charge is 0.481 e. The number of carboxylic acids is 1. The minimum Gasteiger partial charge on any atom is -0.481 e. The minimum atomic E-state index is -0.739. The molecule has 5 heteroatoms. The van der Waals surface area contributed by atoms with Gasteiger partial charge in [0.25, 0.3) is 0 Å². The fourth-order valence-electron chi connectivity index (χ4n) is 2.40. The van der Waals surface area contributed by atoms with Crippen molar-refractivity contribution in [3.05, 3.63) is 27.8 Å². The number of carbonyl (C=O) groups is 2. The summed E-state index contributed by atoms with van der Waals surface area (Å²) >= 11 is 2.18. The molecule has 1 fully saturated rings. The number of hydrogen-bond donors (Lipinski definition) is 2. The lowest BCUT2D eigenvalue weighted by molar-refractivity contribution is -0.143. The Morgan fingerprint density at radius 1 is 1.11 bits per heavy atom. The molecule has 0 saturated heterocycles. The molecule has 0 radical (unpaired) electrons. The van der Waals surface area contributed by atoms with E-state index in [0.29, 0.717) is 25.7 Å². The number of carbonyl (C=O) groups excluding carboxylic acids is 1. The Labute approximate surface area is 125 Å². The first kappa shape index (κ1) is 14.3. The van der Waals surface area contributed by atoms with Crippen LogP contribution in [0, 0.1) is 15.4 Å². The number of benzene rings is 1. The molecule has 0 aliphatic heterocycles. The number of amides is 1. The van der Waals surface area contributed by atoms with E-state index < -0.39 is 5.97 Å². The predicted octanol–water partition coefficient (Wildman–Crippen LogP) is 3.12. The molecule has 1 aliphatic carbocycles. The van der Waals surface area contributed by atoms with Crippen LogP contribution in [0.15, 0.2) is 24.3 Å². The maximum absolute atomic E-state index is 12.1. The molecule has 0 spiro atoms. The van der Waals surface area contributed by atoms with Crippen molar-refractivity contribution in [1.82, 2.24) is 0 Å². The molecule has 2 N–H and O–H groups in total. The first-order valence-electron chi connectivity index (χ1n) is 6.36. The number of anilines is 1. The number of aliphatic carboxylic acids is 1. The van der Waals surface area contributed by atoms with Crippen molar-refractivity contribution in [2.75, 3.05) is 5.32 Å². The van der Waals surface area contributed by atoms with Crippen LogP contribution in [0.4, 0.5) is 5.69 Å². The molecule has 4 nitrogen and oxygen atoms in total. The average molecular weight is 373 g/mol. The molecule has 0 aromatic heterocycles. The van der Waals surface area contributed by atoms with Crippen LogP contribution in [0.25, 0.3) is 0 Å². The number of halogens is 1. The molecular formula is C14H16INO3. The molecule has 102 valence electrons. The molecule has 0 bridgehead atoms.